The molecule has 94 valence electrons. The second-order valence-electron chi connectivity index (χ2n) is 3.54. The summed E-state index contributed by atoms with van der Waals surface area (Å²) in [5, 5.41) is 8.81. The van der Waals surface area contributed by atoms with Crippen LogP contribution < -0.4 is 10.5 Å². The van der Waals surface area contributed by atoms with Gasteiger partial charge in [-0.2, -0.15) is 0 Å². The Hall–Kier alpha value is -1.85. The van der Waals surface area contributed by atoms with E-state index in [1.807, 2.05) is 0 Å². The maximum Gasteiger partial charge on any atom is 0.344 e. The van der Waals surface area contributed by atoms with Crippen LogP contribution in [0.3, 0.4) is 0 Å². The first-order chi connectivity index (χ1) is 7.95. The van der Waals surface area contributed by atoms with Gasteiger partial charge in [-0.05, 0) is 6.42 Å². The third-order valence-corrected chi connectivity index (χ3v) is 2.15. The average Bonchev–Trinajstić information content (AvgIpc) is 2.24. The van der Waals surface area contributed by atoms with Gasteiger partial charge < -0.3 is 15.6 Å². The Morgan fingerprint density at radius 2 is 2.12 bits per heavy atom. The number of aliphatic carboxylic acids is 1. The van der Waals surface area contributed by atoms with E-state index in [0.29, 0.717) is 6.42 Å². The number of hydrogen-bond acceptors (Lipinski definition) is 3. The van der Waals surface area contributed by atoms with Gasteiger partial charge in [0.1, 0.15) is 5.82 Å². The van der Waals surface area contributed by atoms with Gasteiger partial charge in [0.05, 0.1) is 5.69 Å². The van der Waals surface area contributed by atoms with Crippen molar-refractivity contribution in [3.8, 4) is 5.75 Å². The maximum atomic E-state index is 13.3. The molecule has 0 heterocycles. The Labute approximate surface area is 97.0 Å². The van der Waals surface area contributed by atoms with Gasteiger partial charge in [-0.1, -0.05) is 13.3 Å². The van der Waals surface area contributed by atoms with Crippen LogP contribution in [-0.2, 0) is 4.79 Å². The molecule has 0 fully saturated rings. The highest BCUT2D eigenvalue weighted by Crippen LogP contribution is 2.24. The topological polar surface area (TPSA) is 72.5 Å². The Bertz CT molecular complexity index is 423. The van der Waals surface area contributed by atoms with Crippen LogP contribution >= 0.6 is 0 Å². The molecule has 0 aliphatic heterocycles. The van der Waals surface area contributed by atoms with Crippen molar-refractivity contribution in [1.29, 1.82) is 0 Å². The second kappa shape index (κ2) is 5.47. The Balaban J connectivity index is 2.93. The maximum absolute atomic E-state index is 13.3. The highest BCUT2D eigenvalue weighted by atomic mass is 19.1. The van der Waals surface area contributed by atoms with Crippen LogP contribution in [0.1, 0.15) is 19.8 Å². The van der Waals surface area contributed by atoms with Crippen molar-refractivity contribution in [3.63, 3.8) is 0 Å². The van der Waals surface area contributed by atoms with E-state index in [1.165, 1.54) is 0 Å². The number of ether oxygens (including phenoxy) is 1. The molecule has 0 aromatic heterocycles. The molecule has 3 N–H and O–H groups in total. The predicted molar refractivity (Wildman–Crippen MR) is 57.7 cm³/mol. The predicted octanol–water partition coefficient (Wildman–Crippen LogP) is 2.18. The summed E-state index contributed by atoms with van der Waals surface area (Å²) in [5.41, 5.74) is 4.80. The first-order valence-corrected chi connectivity index (χ1v) is 5.09. The van der Waals surface area contributed by atoms with Gasteiger partial charge in [-0.15, -0.1) is 0 Å². The van der Waals surface area contributed by atoms with Crippen LogP contribution in [-0.4, -0.2) is 17.2 Å². The number of carboxylic acids is 1. The molecule has 17 heavy (non-hydrogen) atoms. The van der Waals surface area contributed by atoms with Crippen LogP contribution in [0, 0.1) is 11.6 Å². The van der Waals surface area contributed by atoms with Crippen molar-refractivity contribution < 1.29 is 23.4 Å². The fourth-order valence-electron chi connectivity index (χ4n) is 1.28. The Kier molecular flexibility index (Phi) is 4.25. The lowest BCUT2D eigenvalue weighted by atomic mass is 10.2. The lowest BCUT2D eigenvalue weighted by Crippen LogP contribution is -2.27. The fraction of sp³-hybridized carbons (Fsp3) is 0.364. The second-order valence-corrected chi connectivity index (χ2v) is 3.54. The molecule has 0 aliphatic carbocycles. The SMILES string of the molecule is CCCC(Oc1cc(F)c(N)cc1F)C(=O)O. The molecule has 0 aliphatic rings. The molecule has 4 nitrogen and oxygen atoms in total. The van der Waals surface area contributed by atoms with Crippen molar-refractivity contribution >= 4 is 11.7 Å². The van der Waals surface area contributed by atoms with Gasteiger partial charge in [0, 0.05) is 12.1 Å². The first kappa shape index (κ1) is 13.2. The van der Waals surface area contributed by atoms with E-state index in [-0.39, 0.29) is 12.1 Å². The molecule has 0 bridgehead atoms. The number of anilines is 1. The number of carboxylic acid groups (broad SMARTS) is 1. The largest absolute Gasteiger partial charge is 0.479 e. The molecule has 1 unspecified atom stereocenters. The standard InChI is InChI=1S/C11H13F2NO3/c1-2-3-9(11(15)16)17-10-5-6(12)8(14)4-7(10)13/h4-5,9H,2-3,14H2,1H3,(H,15,16). The molecular formula is C11H13F2NO3. The third-order valence-electron chi connectivity index (χ3n) is 2.15. The van der Waals surface area contributed by atoms with Crippen molar-refractivity contribution in [1.82, 2.24) is 0 Å². The zero-order valence-corrected chi connectivity index (χ0v) is 9.24. The summed E-state index contributed by atoms with van der Waals surface area (Å²) in [6.07, 6.45) is -0.436. The first-order valence-electron chi connectivity index (χ1n) is 5.09. The van der Waals surface area contributed by atoms with Gasteiger partial charge in [0.25, 0.3) is 0 Å². The van der Waals surface area contributed by atoms with Crippen LogP contribution in [0.25, 0.3) is 0 Å². The minimum atomic E-state index is -1.22. The summed E-state index contributed by atoms with van der Waals surface area (Å²) in [6.45, 7) is 1.76. The summed E-state index contributed by atoms with van der Waals surface area (Å²) in [4.78, 5) is 10.8. The summed E-state index contributed by atoms with van der Waals surface area (Å²) in [5.74, 6) is -3.39. The van der Waals surface area contributed by atoms with E-state index >= 15 is 0 Å². The lowest BCUT2D eigenvalue weighted by Gasteiger charge is -2.15. The van der Waals surface area contributed by atoms with Gasteiger partial charge in [-0.25, -0.2) is 13.6 Å². The van der Waals surface area contributed by atoms with E-state index in [4.69, 9.17) is 15.6 Å². The summed E-state index contributed by atoms with van der Waals surface area (Å²) in [7, 11) is 0. The monoisotopic (exact) mass is 245 g/mol. The molecule has 6 heteroatoms. The van der Waals surface area contributed by atoms with E-state index in [9.17, 15) is 13.6 Å². The van der Waals surface area contributed by atoms with Gasteiger partial charge in [0.2, 0.25) is 0 Å². The van der Waals surface area contributed by atoms with Crippen LogP contribution in [0.15, 0.2) is 12.1 Å². The highest BCUT2D eigenvalue weighted by molar-refractivity contribution is 5.72. The van der Waals surface area contributed by atoms with Gasteiger partial charge >= 0.3 is 5.97 Å². The van der Waals surface area contributed by atoms with Crippen LogP contribution in [0.4, 0.5) is 14.5 Å². The summed E-state index contributed by atoms with van der Waals surface area (Å²) in [6, 6.07) is 1.51. The number of nitrogens with two attached hydrogens (primary N) is 1. The number of benzene rings is 1. The molecule has 1 aromatic rings. The van der Waals surface area contributed by atoms with Crippen LogP contribution in [0.5, 0.6) is 5.75 Å². The average molecular weight is 245 g/mol. The third kappa shape index (κ3) is 3.30. The minimum absolute atomic E-state index is 0.209. The van der Waals surface area contributed by atoms with E-state index < -0.39 is 29.5 Å². The highest BCUT2D eigenvalue weighted by Gasteiger charge is 2.20. The number of nitrogen functional groups attached to an aromatic ring is 1. The van der Waals surface area contributed by atoms with Crippen molar-refractivity contribution in [3.05, 3.63) is 23.8 Å². The van der Waals surface area contributed by atoms with Crippen molar-refractivity contribution in [2.24, 2.45) is 0 Å². The van der Waals surface area contributed by atoms with E-state index in [2.05, 4.69) is 0 Å². The van der Waals surface area contributed by atoms with Crippen molar-refractivity contribution in [2.75, 3.05) is 5.73 Å². The zero-order chi connectivity index (χ0) is 13.0. The molecule has 0 saturated heterocycles. The zero-order valence-electron chi connectivity index (χ0n) is 9.24. The molecule has 0 amide bonds. The lowest BCUT2D eigenvalue weighted by molar-refractivity contribution is -0.145. The molecular weight excluding hydrogens is 232 g/mol. The van der Waals surface area contributed by atoms with Crippen molar-refractivity contribution in [2.45, 2.75) is 25.9 Å². The Morgan fingerprint density at radius 3 is 2.65 bits per heavy atom. The quantitative estimate of drug-likeness (QED) is 0.780. The summed E-state index contributed by atoms with van der Waals surface area (Å²) >= 11 is 0. The fourth-order valence-corrected chi connectivity index (χ4v) is 1.28. The van der Waals surface area contributed by atoms with E-state index in [0.717, 1.165) is 12.1 Å². The molecule has 0 radical (unpaired) electrons. The molecule has 1 atom stereocenters. The number of rotatable bonds is 5. The molecule has 1 rings (SSSR count). The van der Waals surface area contributed by atoms with Crippen LogP contribution in [0.2, 0.25) is 0 Å². The van der Waals surface area contributed by atoms with E-state index in [1.54, 1.807) is 6.92 Å². The summed E-state index contributed by atoms with van der Waals surface area (Å²) < 4.78 is 31.3. The molecule has 0 saturated carbocycles. The number of halogens is 2. The molecule has 0 spiro atoms. The normalized spacial score (nSPS) is 12.2. The Morgan fingerprint density at radius 1 is 1.47 bits per heavy atom. The van der Waals surface area contributed by atoms with Gasteiger partial charge in [-0.3, -0.25) is 0 Å². The smallest absolute Gasteiger partial charge is 0.344 e. The minimum Gasteiger partial charge on any atom is -0.479 e. The molecule has 1 aromatic carbocycles. The van der Waals surface area contributed by atoms with Gasteiger partial charge in [0.15, 0.2) is 17.7 Å². The number of carbonyl (C=O) groups is 1. The number of hydrogen-bond donors (Lipinski definition) is 2.